The number of benzene rings is 1. The van der Waals surface area contributed by atoms with Gasteiger partial charge in [0.25, 0.3) is 0 Å². The van der Waals surface area contributed by atoms with E-state index in [4.69, 9.17) is 4.74 Å². The molecule has 0 aliphatic heterocycles. The summed E-state index contributed by atoms with van der Waals surface area (Å²) in [4.78, 5) is 16.4. The largest absolute Gasteiger partial charge is 0.462 e. The summed E-state index contributed by atoms with van der Waals surface area (Å²) < 4.78 is 21.0. The van der Waals surface area contributed by atoms with Gasteiger partial charge >= 0.3 is 5.97 Å². The van der Waals surface area contributed by atoms with Crippen molar-refractivity contribution in [2.45, 2.75) is 26.7 Å². The van der Waals surface area contributed by atoms with Crippen LogP contribution in [0.5, 0.6) is 0 Å². The molecule has 2 aromatic heterocycles. The molecule has 0 atom stereocenters. The summed E-state index contributed by atoms with van der Waals surface area (Å²) in [5, 5.41) is 4.41. The van der Waals surface area contributed by atoms with E-state index in [1.807, 2.05) is 20.0 Å². The molecule has 25 heavy (non-hydrogen) atoms. The zero-order valence-electron chi connectivity index (χ0n) is 13.9. The summed E-state index contributed by atoms with van der Waals surface area (Å²) in [7, 11) is 0. The van der Waals surface area contributed by atoms with Gasteiger partial charge in [0, 0.05) is 18.0 Å². The Morgan fingerprint density at radius 2 is 2.16 bits per heavy atom. The first-order chi connectivity index (χ1) is 12.0. The summed E-state index contributed by atoms with van der Waals surface area (Å²) in [5.74, 6) is -1.27. The predicted octanol–water partition coefficient (Wildman–Crippen LogP) is 4.04. The van der Waals surface area contributed by atoms with Crippen molar-refractivity contribution in [2.24, 2.45) is 0 Å². The standard InChI is InChI=1S/C18H17BrFN3O2/c1-11-12(2)22-23-10-13(9-21-17(11)23)5-4-8-25-18(24)14-6-3-7-15(19)16(14)20/h3,6-7,9-10H,4-5,8H2,1-2H3. The molecule has 0 N–H and O–H groups in total. The molecule has 1 aromatic carbocycles. The van der Waals surface area contributed by atoms with Crippen LogP contribution in [0.3, 0.4) is 0 Å². The molecule has 0 saturated heterocycles. The molecule has 0 spiro atoms. The Balaban J connectivity index is 1.56. The Morgan fingerprint density at radius 1 is 1.36 bits per heavy atom. The summed E-state index contributed by atoms with van der Waals surface area (Å²) in [6.07, 6.45) is 5.04. The number of ether oxygens (including phenoxy) is 1. The van der Waals surface area contributed by atoms with Crippen molar-refractivity contribution in [1.29, 1.82) is 0 Å². The SMILES string of the molecule is Cc1nn2cc(CCCOC(=O)c3cccc(Br)c3F)cnc2c1C. The molecule has 0 radical (unpaired) electrons. The first-order valence-electron chi connectivity index (χ1n) is 7.89. The van der Waals surface area contributed by atoms with E-state index in [2.05, 4.69) is 26.0 Å². The van der Waals surface area contributed by atoms with Crippen LogP contribution in [0.4, 0.5) is 4.39 Å². The molecule has 0 aliphatic carbocycles. The number of esters is 1. The van der Waals surface area contributed by atoms with Gasteiger partial charge in [-0.3, -0.25) is 0 Å². The zero-order valence-corrected chi connectivity index (χ0v) is 15.5. The second kappa shape index (κ2) is 7.31. The minimum Gasteiger partial charge on any atom is -0.462 e. The van der Waals surface area contributed by atoms with Crippen LogP contribution >= 0.6 is 15.9 Å². The van der Waals surface area contributed by atoms with E-state index in [1.54, 1.807) is 16.8 Å². The fourth-order valence-corrected chi connectivity index (χ4v) is 2.87. The van der Waals surface area contributed by atoms with Crippen molar-refractivity contribution >= 4 is 27.5 Å². The fraction of sp³-hybridized carbons (Fsp3) is 0.278. The second-order valence-electron chi connectivity index (χ2n) is 5.78. The first-order valence-corrected chi connectivity index (χ1v) is 8.68. The first kappa shape index (κ1) is 17.5. The van der Waals surface area contributed by atoms with Crippen molar-refractivity contribution in [3.63, 3.8) is 0 Å². The fourth-order valence-electron chi connectivity index (χ4n) is 2.51. The molecular weight excluding hydrogens is 389 g/mol. The normalized spacial score (nSPS) is 11.0. The maximum atomic E-state index is 13.8. The van der Waals surface area contributed by atoms with Crippen LogP contribution in [-0.2, 0) is 11.2 Å². The van der Waals surface area contributed by atoms with Crippen LogP contribution in [0.1, 0.15) is 33.6 Å². The number of halogens is 2. The summed E-state index contributed by atoms with van der Waals surface area (Å²) in [6.45, 7) is 4.15. The summed E-state index contributed by atoms with van der Waals surface area (Å²) >= 11 is 3.06. The Hall–Kier alpha value is -2.28. The number of hydrogen-bond acceptors (Lipinski definition) is 4. The number of hydrogen-bond donors (Lipinski definition) is 0. The number of carbonyl (C=O) groups excluding carboxylic acids is 1. The number of rotatable bonds is 5. The van der Waals surface area contributed by atoms with Gasteiger partial charge in [-0.1, -0.05) is 6.07 Å². The average Bonchev–Trinajstić information content (AvgIpc) is 2.88. The molecule has 3 rings (SSSR count). The lowest BCUT2D eigenvalue weighted by Gasteiger charge is -2.07. The Morgan fingerprint density at radius 3 is 2.96 bits per heavy atom. The zero-order chi connectivity index (χ0) is 18.0. The molecule has 0 bridgehead atoms. The molecular formula is C18H17BrFN3O2. The molecule has 7 heteroatoms. The molecule has 2 heterocycles. The maximum absolute atomic E-state index is 13.8. The summed E-state index contributed by atoms with van der Waals surface area (Å²) in [5.41, 5.74) is 3.80. The lowest BCUT2D eigenvalue weighted by molar-refractivity contribution is 0.0495. The van der Waals surface area contributed by atoms with Gasteiger partial charge in [0.15, 0.2) is 11.5 Å². The van der Waals surface area contributed by atoms with Crippen molar-refractivity contribution in [3.8, 4) is 0 Å². The van der Waals surface area contributed by atoms with E-state index < -0.39 is 11.8 Å². The third kappa shape index (κ3) is 3.71. The van der Waals surface area contributed by atoms with Crippen LogP contribution in [0, 0.1) is 19.7 Å². The van der Waals surface area contributed by atoms with Crippen molar-refractivity contribution in [1.82, 2.24) is 14.6 Å². The summed E-state index contributed by atoms with van der Waals surface area (Å²) in [6, 6.07) is 4.54. The third-order valence-electron chi connectivity index (χ3n) is 4.01. The maximum Gasteiger partial charge on any atom is 0.341 e. The van der Waals surface area contributed by atoms with Crippen molar-refractivity contribution < 1.29 is 13.9 Å². The van der Waals surface area contributed by atoms with Crippen molar-refractivity contribution in [2.75, 3.05) is 6.61 Å². The Kier molecular flexibility index (Phi) is 5.13. The molecule has 130 valence electrons. The highest BCUT2D eigenvalue weighted by molar-refractivity contribution is 9.10. The lowest BCUT2D eigenvalue weighted by atomic mass is 10.2. The van der Waals surface area contributed by atoms with Crippen LogP contribution in [0.15, 0.2) is 35.1 Å². The number of nitrogens with zero attached hydrogens (tertiary/aromatic N) is 3. The molecule has 3 aromatic rings. The number of aryl methyl sites for hydroxylation is 3. The van der Waals surface area contributed by atoms with E-state index in [0.717, 1.165) is 22.5 Å². The van der Waals surface area contributed by atoms with Gasteiger partial charge in [-0.15, -0.1) is 0 Å². The molecule has 0 saturated carbocycles. The Labute approximate surface area is 153 Å². The minimum absolute atomic E-state index is 0.0695. The molecule has 0 amide bonds. The van der Waals surface area contributed by atoms with Gasteiger partial charge in [0.05, 0.1) is 22.3 Å². The highest BCUT2D eigenvalue weighted by Crippen LogP contribution is 2.19. The van der Waals surface area contributed by atoms with E-state index in [1.165, 1.54) is 12.1 Å². The van der Waals surface area contributed by atoms with Crippen molar-refractivity contribution in [3.05, 3.63) is 63.3 Å². The molecule has 5 nitrogen and oxygen atoms in total. The average molecular weight is 406 g/mol. The van der Waals surface area contributed by atoms with E-state index >= 15 is 0 Å². The van der Waals surface area contributed by atoms with E-state index in [9.17, 15) is 9.18 Å². The highest BCUT2D eigenvalue weighted by atomic mass is 79.9. The Bertz CT molecular complexity index is 939. The number of aromatic nitrogens is 3. The van der Waals surface area contributed by atoms with Gasteiger partial charge < -0.3 is 4.74 Å². The van der Waals surface area contributed by atoms with E-state index in [0.29, 0.717) is 12.8 Å². The minimum atomic E-state index is -0.661. The van der Waals surface area contributed by atoms with Crippen LogP contribution in [0.2, 0.25) is 0 Å². The van der Waals surface area contributed by atoms with Gasteiger partial charge in [-0.25, -0.2) is 18.7 Å². The smallest absolute Gasteiger partial charge is 0.341 e. The highest BCUT2D eigenvalue weighted by Gasteiger charge is 2.15. The van der Waals surface area contributed by atoms with Crippen LogP contribution in [0.25, 0.3) is 5.65 Å². The van der Waals surface area contributed by atoms with Crippen LogP contribution in [-0.4, -0.2) is 27.2 Å². The van der Waals surface area contributed by atoms with Gasteiger partial charge in [-0.05, 0) is 60.3 Å². The van der Waals surface area contributed by atoms with Gasteiger partial charge in [0.1, 0.15) is 0 Å². The predicted molar refractivity (Wildman–Crippen MR) is 95.2 cm³/mol. The quantitative estimate of drug-likeness (QED) is 0.474. The monoisotopic (exact) mass is 405 g/mol. The molecule has 0 fully saturated rings. The molecule has 0 unspecified atom stereocenters. The number of carbonyl (C=O) groups is 1. The molecule has 0 aliphatic rings. The number of fused-ring (bicyclic) bond motifs is 1. The van der Waals surface area contributed by atoms with Gasteiger partial charge in [-0.2, -0.15) is 5.10 Å². The van der Waals surface area contributed by atoms with Gasteiger partial charge in [0.2, 0.25) is 0 Å². The second-order valence-corrected chi connectivity index (χ2v) is 6.64. The topological polar surface area (TPSA) is 56.5 Å². The third-order valence-corrected chi connectivity index (χ3v) is 4.62. The lowest BCUT2D eigenvalue weighted by Crippen LogP contribution is -2.09. The van der Waals surface area contributed by atoms with Crippen LogP contribution < -0.4 is 0 Å². The van der Waals surface area contributed by atoms with E-state index in [-0.39, 0.29) is 16.6 Å².